The maximum absolute atomic E-state index is 11.2. The summed E-state index contributed by atoms with van der Waals surface area (Å²) in [6, 6.07) is 8.27. The van der Waals surface area contributed by atoms with Gasteiger partial charge in [0.15, 0.2) is 0 Å². The van der Waals surface area contributed by atoms with Gasteiger partial charge in [-0.05, 0) is 37.6 Å². The van der Waals surface area contributed by atoms with Crippen molar-refractivity contribution < 1.29 is 9.90 Å². The number of benzene rings is 1. The molecule has 1 N–H and O–H groups in total. The van der Waals surface area contributed by atoms with E-state index in [0.717, 1.165) is 12.0 Å². The third-order valence-electron chi connectivity index (χ3n) is 3.88. The summed E-state index contributed by atoms with van der Waals surface area (Å²) in [5, 5.41) is 9.22. The smallest absolute Gasteiger partial charge is 0.308 e. The van der Waals surface area contributed by atoms with Crippen LogP contribution in [0, 0.1) is 5.92 Å². The molecule has 0 bridgehead atoms. The van der Waals surface area contributed by atoms with Gasteiger partial charge in [-0.1, -0.05) is 45.0 Å². The number of hydrogen-bond donors (Lipinski definition) is 1. The molecule has 0 fully saturated rings. The van der Waals surface area contributed by atoms with Crippen molar-refractivity contribution in [1.29, 1.82) is 0 Å². The second kappa shape index (κ2) is 6.71. The molecule has 0 aromatic heterocycles. The van der Waals surface area contributed by atoms with Crippen molar-refractivity contribution in [3.8, 4) is 0 Å². The fourth-order valence-corrected chi connectivity index (χ4v) is 2.43. The number of carboxylic acid groups (broad SMARTS) is 1. The molecule has 0 heterocycles. The van der Waals surface area contributed by atoms with Gasteiger partial charge in [-0.2, -0.15) is 0 Å². The summed E-state index contributed by atoms with van der Waals surface area (Å²) in [6.45, 7) is 6.14. The Labute approximate surface area is 116 Å². The van der Waals surface area contributed by atoms with E-state index in [1.54, 1.807) is 6.92 Å². The molecule has 0 aliphatic carbocycles. The van der Waals surface area contributed by atoms with E-state index in [-0.39, 0.29) is 6.04 Å². The number of aliphatic carboxylic acids is 1. The lowest BCUT2D eigenvalue weighted by Crippen LogP contribution is -2.30. The molecule has 1 rings (SSSR count). The molecular weight excluding hydrogens is 238 g/mol. The van der Waals surface area contributed by atoms with Crippen molar-refractivity contribution in [1.82, 2.24) is 4.90 Å². The minimum atomic E-state index is -0.760. The number of nitrogens with zero attached hydrogens (tertiary/aromatic N) is 1. The molecule has 1 aromatic rings. The Morgan fingerprint density at radius 1 is 1.16 bits per heavy atom. The van der Waals surface area contributed by atoms with Crippen LogP contribution in [-0.2, 0) is 4.79 Å². The maximum atomic E-state index is 11.2. The lowest BCUT2D eigenvalue weighted by molar-refractivity contribution is -0.143. The first kappa shape index (κ1) is 15.7. The first-order valence-electron chi connectivity index (χ1n) is 6.87. The largest absolute Gasteiger partial charge is 0.481 e. The molecule has 19 heavy (non-hydrogen) atoms. The van der Waals surface area contributed by atoms with Crippen molar-refractivity contribution in [3.63, 3.8) is 0 Å². The Kier molecular flexibility index (Phi) is 5.55. The molecule has 0 saturated carbocycles. The second-order valence-electron chi connectivity index (χ2n) is 5.51. The Hall–Kier alpha value is -1.35. The first-order valence-corrected chi connectivity index (χ1v) is 6.87. The van der Waals surface area contributed by atoms with Gasteiger partial charge in [0.25, 0.3) is 0 Å². The van der Waals surface area contributed by atoms with E-state index in [0.29, 0.717) is 5.92 Å². The van der Waals surface area contributed by atoms with Crippen molar-refractivity contribution >= 4 is 5.97 Å². The summed E-state index contributed by atoms with van der Waals surface area (Å²) >= 11 is 0. The van der Waals surface area contributed by atoms with Gasteiger partial charge in [0.1, 0.15) is 0 Å². The Bertz CT molecular complexity index is 411. The lowest BCUT2D eigenvalue weighted by atomic mass is 9.91. The molecule has 3 nitrogen and oxygen atoms in total. The van der Waals surface area contributed by atoms with Crippen LogP contribution in [0.25, 0.3) is 0 Å². The molecule has 106 valence electrons. The quantitative estimate of drug-likeness (QED) is 0.853. The molecule has 3 heteroatoms. The Balaban J connectivity index is 3.01. The van der Waals surface area contributed by atoms with Crippen LogP contribution in [-0.4, -0.2) is 30.1 Å². The highest BCUT2D eigenvalue weighted by atomic mass is 16.4. The third-order valence-corrected chi connectivity index (χ3v) is 3.88. The van der Waals surface area contributed by atoms with Crippen molar-refractivity contribution in [2.24, 2.45) is 5.92 Å². The first-order chi connectivity index (χ1) is 8.88. The summed E-state index contributed by atoms with van der Waals surface area (Å²) in [5.41, 5.74) is 2.37. The van der Waals surface area contributed by atoms with Gasteiger partial charge in [0.2, 0.25) is 0 Å². The molecular formula is C16H25NO2. The minimum absolute atomic E-state index is 0.0940. The van der Waals surface area contributed by atoms with Gasteiger partial charge in [-0.15, -0.1) is 0 Å². The van der Waals surface area contributed by atoms with Crippen LogP contribution >= 0.6 is 0 Å². The zero-order chi connectivity index (χ0) is 14.6. The van der Waals surface area contributed by atoms with Gasteiger partial charge in [-0.25, -0.2) is 0 Å². The minimum Gasteiger partial charge on any atom is -0.481 e. The Morgan fingerprint density at radius 2 is 1.63 bits per heavy atom. The van der Waals surface area contributed by atoms with Crippen LogP contribution in [0.1, 0.15) is 50.3 Å². The third kappa shape index (κ3) is 3.80. The van der Waals surface area contributed by atoms with Gasteiger partial charge in [0.05, 0.1) is 5.92 Å². The zero-order valence-corrected chi connectivity index (χ0v) is 12.6. The standard InChI is InChI=1S/C16H25NO2/c1-6-11(2)13-7-9-14(10-8-13)15(17(4)5)12(3)16(18)19/h7-12,15H,6H2,1-5H3,(H,18,19). The summed E-state index contributed by atoms with van der Waals surface area (Å²) in [5.74, 6) is -0.641. The predicted octanol–water partition coefficient (Wildman–Crippen LogP) is 3.52. The van der Waals surface area contributed by atoms with Crippen molar-refractivity contribution in [3.05, 3.63) is 35.4 Å². The number of hydrogen-bond acceptors (Lipinski definition) is 2. The summed E-state index contributed by atoms with van der Waals surface area (Å²) in [4.78, 5) is 13.2. The molecule has 0 radical (unpaired) electrons. The van der Waals surface area contributed by atoms with Crippen LogP contribution in [0.4, 0.5) is 0 Å². The zero-order valence-electron chi connectivity index (χ0n) is 12.6. The molecule has 3 unspecified atom stereocenters. The average molecular weight is 263 g/mol. The highest BCUT2D eigenvalue weighted by Crippen LogP contribution is 2.28. The van der Waals surface area contributed by atoms with E-state index in [4.69, 9.17) is 0 Å². The summed E-state index contributed by atoms with van der Waals surface area (Å²) in [6.07, 6.45) is 1.11. The van der Waals surface area contributed by atoms with Crippen LogP contribution in [0.5, 0.6) is 0 Å². The fourth-order valence-electron chi connectivity index (χ4n) is 2.43. The molecule has 0 spiro atoms. The van der Waals surface area contributed by atoms with E-state index in [2.05, 4.69) is 38.1 Å². The highest BCUT2D eigenvalue weighted by molar-refractivity contribution is 5.70. The van der Waals surface area contributed by atoms with Crippen LogP contribution in [0.3, 0.4) is 0 Å². The van der Waals surface area contributed by atoms with E-state index in [9.17, 15) is 9.90 Å². The number of rotatable bonds is 6. The van der Waals surface area contributed by atoms with Crippen molar-refractivity contribution in [2.45, 2.75) is 39.2 Å². The van der Waals surface area contributed by atoms with Crippen LogP contribution in [0.2, 0.25) is 0 Å². The van der Waals surface area contributed by atoms with E-state index < -0.39 is 11.9 Å². The van der Waals surface area contributed by atoms with Crippen LogP contribution < -0.4 is 0 Å². The second-order valence-corrected chi connectivity index (χ2v) is 5.51. The number of carbonyl (C=O) groups is 1. The predicted molar refractivity (Wildman–Crippen MR) is 78.4 cm³/mol. The number of carboxylic acids is 1. The molecule has 1 aromatic carbocycles. The van der Waals surface area contributed by atoms with Crippen molar-refractivity contribution in [2.75, 3.05) is 14.1 Å². The van der Waals surface area contributed by atoms with Gasteiger partial charge in [-0.3, -0.25) is 4.79 Å². The van der Waals surface area contributed by atoms with E-state index >= 15 is 0 Å². The lowest BCUT2D eigenvalue weighted by Gasteiger charge is -2.28. The van der Waals surface area contributed by atoms with Crippen LogP contribution in [0.15, 0.2) is 24.3 Å². The van der Waals surface area contributed by atoms with Gasteiger partial charge < -0.3 is 10.0 Å². The van der Waals surface area contributed by atoms with Gasteiger partial charge in [0, 0.05) is 6.04 Å². The molecule has 0 aliphatic rings. The van der Waals surface area contributed by atoms with E-state index in [1.807, 2.05) is 19.0 Å². The molecule has 0 amide bonds. The van der Waals surface area contributed by atoms with E-state index in [1.165, 1.54) is 5.56 Å². The monoisotopic (exact) mass is 263 g/mol. The summed E-state index contributed by atoms with van der Waals surface area (Å²) < 4.78 is 0. The molecule has 0 aliphatic heterocycles. The maximum Gasteiger partial charge on any atom is 0.308 e. The fraction of sp³-hybridized carbons (Fsp3) is 0.562. The SMILES string of the molecule is CCC(C)c1ccc(C(C(C)C(=O)O)N(C)C)cc1. The average Bonchev–Trinajstić information content (AvgIpc) is 2.38. The highest BCUT2D eigenvalue weighted by Gasteiger charge is 2.26. The molecule has 0 saturated heterocycles. The molecule has 3 atom stereocenters. The van der Waals surface area contributed by atoms with Gasteiger partial charge >= 0.3 is 5.97 Å². The summed E-state index contributed by atoms with van der Waals surface area (Å²) in [7, 11) is 3.85. The Morgan fingerprint density at radius 3 is 2.00 bits per heavy atom. The topological polar surface area (TPSA) is 40.5 Å². The normalized spacial score (nSPS) is 16.1.